The Morgan fingerprint density at radius 1 is 1.25 bits per heavy atom. The maximum Gasteiger partial charge on any atom is 0.287 e. The van der Waals surface area contributed by atoms with Crippen molar-refractivity contribution in [3.8, 4) is 0 Å². The van der Waals surface area contributed by atoms with Gasteiger partial charge in [-0.25, -0.2) is 5.48 Å². The first-order valence-corrected chi connectivity index (χ1v) is 7.06. The van der Waals surface area contributed by atoms with E-state index in [1.54, 1.807) is 0 Å². The molecule has 0 saturated heterocycles. The molecule has 106 valence electrons. The summed E-state index contributed by atoms with van der Waals surface area (Å²) in [6.45, 7) is 0. The molecule has 1 N–H and O–H groups in total. The van der Waals surface area contributed by atoms with Crippen LogP contribution in [0.5, 0.6) is 0 Å². The lowest BCUT2D eigenvalue weighted by molar-refractivity contribution is -0.148. The molecule has 1 fully saturated rings. The zero-order chi connectivity index (χ0) is 13.8. The van der Waals surface area contributed by atoms with Gasteiger partial charge in [0.2, 0.25) is 6.10 Å². The van der Waals surface area contributed by atoms with Crippen LogP contribution in [0.3, 0.4) is 0 Å². The third-order valence-electron chi connectivity index (χ3n) is 3.70. The molecule has 1 unspecified atom stereocenters. The van der Waals surface area contributed by atoms with E-state index in [1.165, 1.54) is 12.8 Å². The topological polar surface area (TPSA) is 59.9 Å². The van der Waals surface area contributed by atoms with Crippen molar-refractivity contribution in [1.29, 1.82) is 0 Å². The van der Waals surface area contributed by atoms with Crippen LogP contribution in [0.2, 0.25) is 0 Å². The fraction of sp³-hybridized carbons (Fsp3) is 0.467. The first-order chi connectivity index (χ1) is 9.83. The molecule has 2 aliphatic rings. The van der Waals surface area contributed by atoms with E-state index in [-0.39, 0.29) is 12.0 Å². The lowest BCUT2D eigenvalue weighted by Crippen LogP contribution is -2.37. The molecular formula is C15H18N2O3. The Balaban J connectivity index is 1.49. The number of nitrogens with zero attached hydrogens (tertiary/aromatic N) is 1. The summed E-state index contributed by atoms with van der Waals surface area (Å²) in [4.78, 5) is 22.5. The summed E-state index contributed by atoms with van der Waals surface area (Å²) in [5, 5.41) is 3.99. The van der Waals surface area contributed by atoms with Gasteiger partial charge in [0.25, 0.3) is 5.91 Å². The second kappa shape index (κ2) is 6.05. The first kappa shape index (κ1) is 13.1. The van der Waals surface area contributed by atoms with E-state index in [9.17, 15) is 4.79 Å². The molecule has 1 aromatic rings. The van der Waals surface area contributed by atoms with Gasteiger partial charge in [0, 0.05) is 6.42 Å². The van der Waals surface area contributed by atoms with Crippen LogP contribution in [-0.4, -0.2) is 23.8 Å². The normalized spacial score (nSPS) is 22.4. The molecule has 20 heavy (non-hydrogen) atoms. The Morgan fingerprint density at radius 3 is 2.75 bits per heavy atom. The monoisotopic (exact) mass is 274 g/mol. The van der Waals surface area contributed by atoms with Crippen LogP contribution in [0.15, 0.2) is 35.5 Å². The van der Waals surface area contributed by atoms with E-state index in [4.69, 9.17) is 9.68 Å². The Hall–Kier alpha value is -1.88. The highest BCUT2D eigenvalue weighted by Crippen LogP contribution is 2.20. The van der Waals surface area contributed by atoms with Crippen molar-refractivity contribution in [1.82, 2.24) is 5.48 Å². The highest BCUT2D eigenvalue weighted by Gasteiger charge is 2.29. The summed E-state index contributed by atoms with van der Waals surface area (Å²) < 4.78 is 0. The number of amides is 1. The van der Waals surface area contributed by atoms with Crippen LogP contribution >= 0.6 is 0 Å². The highest BCUT2D eigenvalue weighted by atomic mass is 16.7. The maximum atomic E-state index is 11.9. The lowest BCUT2D eigenvalue weighted by atomic mass is 10.1. The minimum Gasteiger partial charge on any atom is -0.382 e. The summed E-state index contributed by atoms with van der Waals surface area (Å²) in [7, 11) is 0. The molecule has 3 rings (SSSR count). The van der Waals surface area contributed by atoms with Crippen molar-refractivity contribution in [2.45, 2.75) is 44.3 Å². The molecule has 0 radical (unpaired) electrons. The van der Waals surface area contributed by atoms with Crippen molar-refractivity contribution in [2.24, 2.45) is 5.16 Å². The molecule has 1 aromatic carbocycles. The van der Waals surface area contributed by atoms with E-state index in [0.717, 1.165) is 24.1 Å². The van der Waals surface area contributed by atoms with E-state index in [2.05, 4.69) is 10.6 Å². The number of hydrogen-bond acceptors (Lipinski definition) is 4. The number of hydroxylamine groups is 1. The van der Waals surface area contributed by atoms with Crippen molar-refractivity contribution >= 4 is 11.6 Å². The van der Waals surface area contributed by atoms with E-state index >= 15 is 0 Å². The quantitative estimate of drug-likeness (QED) is 0.856. The molecule has 1 aliphatic heterocycles. The molecule has 1 heterocycles. The summed E-state index contributed by atoms with van der Waals surface area (Å²) >= 11 is 0. The summed E-state index contributed by atoms with van der Waals surface area (Å²) in [6.07, 6.45) is 4.39. The van der Waals surface area contributed by atoms with Crippen LogP contribution in [0, 0.1) is 0 Å². The zero-order valence-corrected chi connectivity index (χ0v) is 11.2. The minimum atomic E-state index is -0.591. The van der Waals surface area contributed by atoms with Crippen LogP contribution in [0.4, 0.5) is 0 Å². The van der Waals surface area contributed by atoms with Gasteiger partial charge in [-0.15, -0.1) is 0 Å². The zero-order valence-electron chi connectivity index (χ0n) is 11.2. The van der Waals surface area contributed by atoms with Crippen LogP contribution in [-0.2, 0) is 14.5 Å². The van der Waals surface area contributed by atoms with Gasteiger partial charge in [-0.05, 0) is 18.4 Å². The maximum absolute atomic E-state index is 11.9. The fourth-order valence-electron chi connectivity index (χ4n) is 2.53. The second-order valence-electron chi connectivity index (χ2n) is 5.19. The average Bonchev–Trinajstić information content (AvgIpc) is 3.17. The largest absolute Gasteiger partial charge is 0.382 e. The molecule has 5 heteroatoms. The predicted molar refractivity (Wildman–Crippen MR) is 74.0 cm³/mol. The molecule has 5 nitrogen and oxygen atoms in total. The third-order valence-corrected chi connectivity index (χ3v) is 3.70. The number of nitrogens with one attached hydrogen (secondary N) is 1. The molecule has 1 saturated carbocycles. The SMILES string of the molecule is O=C(NOC1CCCC1)C1CC(c2ccccc2)=NO1. The van der Waals surface area contributed by atoms with Gasteiger partial charge in [-0.1, -0.05) is 48.3 Å². The predicted octanol–water partition coefficient (Wildman–Crippen LogP) is 2.17. The fourth-order valence-corrected chi connectivity index (χ4v) is 2.53. The van der Waals surface area contributed by atoms with Gasteiger partial charge in [-0.3, -0.25) is 9.63 Å². The molecule has 1 aliphatic carbocycles. The number of hydrogen-bond donors (Lipinski definition) is 1. The van der Waals surface area contributed by atoms with Gasteiger partial charge in [0.15, 0.2) is 0 Å². The number of carbonyl (C=O) groups excluding carboxylic acids is 1. The standard InChI is InChI=1S/C15H18N2O3/c18-15(17-19-12-8-4-5-9-12)14-10-13(16-20-14)11-6-2-1-3-7-11/h1-3,6-7,12,14H,4-5,8-10H2,(H,17,18). The second-order valence-corrected chi connectivity index (χ2v) is 5.19. The molecular weight excluding hydrogens is 256 g/mol. The Morgan fingerprint density at radius 2 is 2.00 bits per heavy atom. The van der Waals surface area contributed by atoms with Crippen LogP contribution in [0.1, 0.15) is 37.7 Å². The van der Waals surface area contributed by atoms with Crippen LogP contribution < -0.4 is 5.48 Å². The Labute approximate surface area is 117 Å². The third kappa shape index (κ3) is 2.99. The number of carbonyl (C=O) groups is 1. The van der Waals surface area contributed by atoms with Gasteiger partial charge in [0.1, 0.15) is 0 Å². The van der Waals surface area contributed by atoms with Gasteiger partial charge in [0.05, 0.1) is 11.8 Å². The molecule has 1 atom stereocenters. The average molecular weight is 274 g/mol. The van der Waals surface area contributed by atoms with Crippen molar-refractivity contribution in [2.75, 3.05) is 0 Å². The Bertz CT molecular complexity index is 495. The van der Waals surface area contributed by atoms with Gasteiger partial charge in [-0.2, -0.15) is 0 Å². The number of benzene rings is 1. The lowest BCUT2D eigenvalue weighted by Gasteiger charge is -2.13. The van der Waals surface area contributed by atoms with Gasteiger partial charge < -0.3 is 4.84 Å². The summed E-state index contributed by atoms with van der Waals surface area (Å²) in [5.41, 5.74) is 4.28. The number of oxime groups is 1. The summed E-state index contributed by atoms with van der Waals surface area (Å²) in [6, 6.07) is 9.73. The molecule has 0 spiro atoms. The van der Waals surface area contributed by atoms with E-state index in [0.29, 0.717) is 6.42 Å². The van der Waals surface area contributed by atoms with Gasteiger partial charge >= 0.3 is 0 Å². The first-order valence-electron chi connectivity index (χ1n) is 7.06. The Kier molecular flexibility index (Phi) is 3.97. The minimum absolute atomic E-state index is 0.148. The summed E-state index contributed by atoms with van der Waals surface area (Å²) in [5.74, 6) is -0.258. The number of rotatable bonds is 4. The van der Waals surface area contributed by atoms with E-state index < -0.39 is 6.10 Å². The van der Waals surface area contributed by atoms with Crippen molar-refractivity contribution in [3.63, 3.8) is 0 Å². The van der Waals surface area contributed by atoms with Crippen molar-refractivity contribution < 1.29 is 14.5 Å². The molecule has 0 aromatic heterocycles. The van der Waals surface area contributed by atoms with E-state index in [1.807, 2.05) is 30.3 Å². The van der Waals surface area contributed by atoms with Crippen LogP contribution in [0.25, 0.3) is 0 Å². The molecule has 1 amide bonds. The highest BCUT2D eigenvalue weighted by molar-refractivity contribution is 6.03. The molecule has 0 bridgehead atoms. The van der Waals surface area contributed by atoms with Crippen molar-refractivity contribution in [3.05, 3.63) is 35.9 Å². The smallest absolute Gasteiger partial charge is 0.287 e.